The molecule has 3 nitrogen and oxygen atoms in total. The fourth-order valence-corrected chi connectivity index (χ4v) is 1.89. The molecule has 0 saturated heterocycles. The van der Waals surface area contributed by atoms with Crippen LogP contribution < -0.4 is 4.74 Å². The summed E-state index contributed by atoms with van der Waals surface area (Å²) in [5.41, 5.74) is 0.134. The minimum atomic E-state index is -0.715. The van der Waals surface area contributed by atoms with Gasteiger partial charge in [0.2, 0.25) is 0 Å². The molecule has 0 amide bonds. The molecular formula is C15H24O3. The van der Waals surface area contributed by atoms with Crippen LogP contribution in [0.1, 0.15) is 46.3 Å². The van der Waals surface area contributed by atoms with E-state index in [-0.39, 0.29) is 6.10 Å². The maximum atomic E-state index is 10.5. The maximum Gasteiger partial charge on any atom is 0.125 e. The average molecular weight is 252 g/mol. The first-order valence-electron chi connectivity index (χ1n) is 6.46. The van der Waals surface area contributed by atoms with E-state index in [1.54, 1.807) is 0 Å². The summed E-state index contributed by atoms with van der Waals surface area (Å²) in [6.45, 7) is 10.2. The molecule has 0 spiro atoms. The summed E-state index contributed by atoms with van der Waals surface area (Å²) in [6, 6.07) is 7.55. The summed E-state index contributed by atoms with van der Waals surface area (Å²) in [7, 11) is 0. The van der Waals surface area contributed by atoms with E-state index in [0.717, 1.165) is 5.56 Å². The average Bonchev–Trinajstić information content (AvgIpc) is 2.28. The van der Waals surface area contributed by atoms with E-state index >= 15 is 0 Å². The third-order valence-electron chi connectivity index (χ3n) is 2.75. The zero-order valence-electron chi connectivity index (χ0n) is 11.9. The van der Waals surface area contributed by atoms with Crippen molar-refractivity contribution in [2.24, 2.45) is 0 Å². The van der Waals surface area contributed by atoms with Gasteiger partial charge in [-0.2, -0.15) is 0 Å². The van der Waals surface area contributed by atoms with Crippen LogP contribution in [0.3, 0.4) is 0 Å². The molecule has 102 valence electrons. The topological polar surface area (TPSA) is 38.7 Å². The standard InChI is InChI=1S/C15H24O3/c1-6-17-15(4,5)14(16)12-9-7-8-10-13(12)18-11(2)3/h7-11,14,16H,6H2,1-5H3. The Bertz CT molecular complexity index is 372. The molecule has 1 rings (SSSR count). The second-order valence-corrected chi connectivity index (χ2v) is 5.14. The summed E-state index contributed by atoms with van der Waals surface area (Å²) in [5.74, 6) is 0.716. The van der Waals surface area contributed by atoms with E-state index in [1.807, 2.05) is 58.9 Å². The second-order valence-electron chi connectivity index (χ2n) is 5.14. The van der Waals surface area contributed by atoms with Gasteiger partial charge in [-0.25, -0.2) is 0 Å². The van der Waals surface area contributed by atoms with Gasteiger partial charge in [0.05, 0.1) is 11.7 Å². The summed E-state index contributed by atoms with van der Waals surface area (Å²) in [4.78, 5) is 0. The summed E-state index contributed by atoms with van der Waals surface area (Å²) in [5, 5.41) is 10.5. The summed E-state index contributed by atoms with van der Waals surface area (Å²) in [6.07, 6.45) is -0.638. The van der Waals surface area contributed by atoms with Crippen molar-refractivity contribution in [2.45, 2.75) is 52.4 Å². The van der Waals surface area contributed by atoms with E-state index in [9.17, 15) is 5.11 Å². The van der Waals surface area contributed by atoms with Crippen molar-refractivity contribution in [3.05, 3.63) is 29.8 Å². The van der Waals surface area contributed by atoms with Gasteiger partial charge in [0.1, 0.15) is 11.9 Å². The zero-order valence-corrected chi connectivity index (χ0v) is 11.9. The van der Waals surface area contributed by atoms with Gasteiger partial charge in [-0.1, -0.05) is 18.2 Å². The quantitative estimate of drug-likeness (QED) is 0.844. The third-order valence-corrected chi connectivity index (χ3v) is 2.75. The Kier molecular flexibility index (Phi) is 5.17. The Balaban J connectivity index is 3.01. The van der Waals surface area contributed by atoms with Crippen molar-refractivity contribution in [3.63, 3.8) is 0 Å². The maximum absolute atomic E-state index is 10.5. The van der Waals surface area contributed by atoms with Gasteiger partial charge in [0.25, 0.3) is 0 Å². The minimum Gasteiger partial charge on any atom is -0.491 e. The highest BCUT2D eigenvalue weighted by atomic mass is 16.5. The van der Waals surface area contributed by atoms with Crippen molar-refractivity contribution in [2.75, 3.05) is 6.61 Å². The van der Waals surface area contributed by atoms with E-state index in [4.69, 9.17) is 9.47 Å². The van der Waals surface area contributed by atoms with Crippen LogP contribution in [-0.4, -0.2) is 23.4 Å². The van der Waals surface area contributed by atoms with Crippen LogP contribution in [0.15, 0.2) is 24.3 Å². The van der Waals surface area contributed by atoms with Gasteiger partial charge < -0.3 is 14.6 Å². The number of hydrogen-bond acceptors (Lipinski definition) is 3. The number of aliphatic hydroxyl groups is 1. The number of hydrogen-bond donors (Lipinski definition) is 1. The van der Waals surface area contributed by atoms with Crippen molar-refractivity contribution < 1.29 is 14.6 Å². The molecule has 1 unspecified atom stereocenters. The first-order valence-corrected chi connectivity index (χ1v) is 6.46. The Morgan fingerprint density at radius 3 is 2.39 bits per heavy atom. The highest BCUT2D eigenvalue weighted by Crippen LogP contribution is 2.34. The molecule has 0 radical (unpaired) electrons. The van der Waals surface area contributed by atoms with E-state index in [1.165, 1.54) is 0 Å². The van der Waals surface area contributed by atoms with Gasteiger partial charge in [-0.15, -0.1) is 0 Å². The molecule has 0 saturated carbocycles. The van der Waals surface area contributed by atoms with Crippen LogP contribution in [-0.2, 0) is 4.74 Å². The van der Waals surface area contributed by atoms with Crippen LogP contribution in [0.2, 0.25) is 0 Å². The fourth-order valence-electron chi connectivity index (χ4n) is 1.89. The molecule has 1 atom stereocenters. The first kappa shape index (κ1) is 15.0. The van der Waals surface area contributed by atoms with Crippen molar-refractivity contribution in [1.82, 2.24) is 0 Å². The number of benzene rings is 1. The highest BCUT2D eigenvalue weighted by Gasteiger charge is 2.31. The largest absolute Gasteiger partial charge is 0.491 e. The number of para-hydroxylation sites is 1. The lowest BCUT2D eigenvalue weighted by molar-refractivity contribution is -0.0991. The van der Waals surface area contributed by atoms with Gasteiger partial charge in [0, 0.05) is 12.2 Å². The van der Waals surface area contributed by atoms with Gasteiger partial charge in [-0.05, 0) is 40.7 Å². The van der Waals surface area contributed by atoms with Crippen LogP contribution in [0.5, 0.6) is 5.75 Å². The zero-order chi connectivity index (χ0) is 13.8. The Morgan fingerprint density at radius 1 is 1.22 bits per heavy atom. The Morgan fingerprint density at radius 2 is 1.83 bits per heavy atom. The van der Waals surface area contributed by atoms with Gasteiger partial charge in [0.15, 0.2) is 0 Å². The molecule has 0 aliphatic heterocycles. The Hall–Kier alpha value is -1.06. The lowest BCUT2D eigenvalue weighted by Crippen LogP contribution is -2.33. The van der Waals surface area contributed by atoms with E-state index in [0.29, 0.717) is 12.4 Å². The van der Waals surface area contributed by atoms with Crippen molar-refractivity contribution in [1.29, 1.82) is 0 Å². The third kappa shape index (κ3) is 3.72. The Labute approximate surface area is 110 Å². The molecule has 0 aliphatic carbocycles. The first-order chi connectivity index (χ1) is 8.38. The molecule has 1 aromatic carbocycles. The summed E-state index contributed by atoms with van der Waals surface area (Å²) < 4.78 is 11.3. The molecule has 0 heterocycles. The van der Waals surface area contributed by atoms with Gasteiger partial charge in [-0.3, -0.25) is 0 Å². The smallest absolute Gasteiger partial charge is 0.125 e. The molecule has 18 heavy (non-hydrogen) atoms. The number of ether oxygens (including phenoxy) is 2. The predicted molar refractivity (Wildman–Crippen MR) is 72.9 cm³/mol. The summed E-state index contributed by atoms with van der Waals surface area (Å²) >= 11 is 0. The lowest BCUT2D eigenvalue weighted by atomic mass is 9.94. The monoisotopic (exact) mass is 252 g/mol. The van der Waals surface area contributed by atoms with Gasteiger partial charge >= 0.3 is 0 Å². The van der Waals surface area contributed by atoms with Crippen LogP contribution in [0, 0.1) is 0 Å². The predicted octanol–water partition coefficient (Wildman–Crippen LogP) is 3.32. The molecule has 0 aromatic heterocycles. The van der Waals surface area contributed by atoms with Crippen molar-refractivity contribution >= 4 is 0 Å². The van der Waals surface area contributed by atoms with E-state index < -0.39 is 11.7 Å². The van der Waals surface area contributed by atoms with Crippen LogP contribution in [0.25, 0.3) is 0 Å². The second kappa shape index (κ2) is 6.21. The fraction of sp³-hybridized carbons (Fsp3) is 0.600. The molecule has 1 N–H and O–H groups in total. The van der Waals surface area contributed by atoms with Crippen molar-refractivity contribution in [3.8, 4) is 5.75 Å². The van der Waals surface area contributed by atoms with Crippen LogP contribution in [0.4, 0.5) is 0 Å². The molecular weight excluding hydrogens is 228 g/mol. The lowest BCUT2D eigenvalue weighted by Gasteiger charge is -2.31. The molecule has 0 aliphatic rings. The molecule has 3 heteroatoms. The minimum absolute atomic E-state index is 0.0774. The molecule has 0 bridgehead atoms. The number of aliphatic hydroxyl groups excluding tert-OH is 1. The SMILES string of the molecule is CCOC(C)(C)C(O)c1ccccc1OC(C)C. The van der Waals surface area contributed by atoms with E-state index in [2.05, 4.69) is 0 Å². The normalized spacial score (nSPS) is 13.7. The molecule has 0 fully saturated rings. The molecule has 1 aromatic rings. The number of rotatable bonds is 6. The van der Waals surface area contributed by atoms with Crippen LogP contribution >= 0.6 is 0 Å². The highest BCUT2D eigenvalue weighted by molar-refractivity contribution is 5.36.